The van der Waals surface area contributed by atoms with E-state index in [4.69, 9.17) is 14.2 Å². The Morgan fingerprint density at radius 3 is 2.31 bits per heavy atom. The highest BCUT2D eigenvalue weighted by Gasteiger charge is 2.59. The molecule has 0 aliphatic heterocycles. The van der Waals surface area contributed by atoms with Crippen LogP contribution in [0.3, 0.4) is 0 Å². The highest BCUT2D eigenvalue weighted by molar-refractivity contribution is 5.67. The molecule has 6 nitrogen and oxygen atoms in total. The standard InChI is InChI=1S/C33H52O6/c1-20(9-14-30(38-22(3)35)31(5,6)39-23(4)36)27-12-13-28-26-11-10-24-19-25(37-21(2)34)15-17-32(24,7)29(26)16-18-33(27,28)8/h10,20,25-30H,9,11-19H2,1-8H3/t20-,25+,26+,27-,28+,29+,30+,32+,33-/m1/s1. The molecule has 220 valence electrons. The molecule has 0 unspecified atom stereocenters. The van der Waals surface area contributed by atoms with Crippen molar-refractivity contribution in [3.8, 4) is 0 Å². The van der Waals surface area contributed by atoms with Crippen LogP contribution < -0.4 is 0 Å². The van der Waals surface area contributed by atoms with E-state index in [1.807, 2.05) is 13.8 Å². The van der Waals surface area contributed by atoms with E-state index < -0.39 is 11.7 Å². The predicted octanol–water partition coefficient (Wildman–Crippen LogP) is 7.19. The number of carbonyl (C=O) groups is 3. The second-order valence-corrected chi connectivity index (χ2v) is 14.3. The Balaban J connectivity index is 1.44. The van der Waals surface area contributed by atoms with Gasteiger partial charge in [-0.25, -0.2) is 0 Å². The molecule has 6 heteroatoms. The van der Waals surface area contributed by atoms with E-state index in [-0.39, 0.29) is 29.4 Å². The first-order valence-corrected chi connectivity index (χ1v) is 15.4. The van der Waals surface area contributed by atoms with Crippen molar-refractivity contribution >= 4 is 17.9 Å². The zero-order valence-corrected chi connectivity index (χ0v) is 25.6. The molecular formula is C33H52O6. The van der Waals surface area contributed by atoms with Gasteiger partial charge in [0.15, 0.2) is 0 Å². The Morgan fingerprint density at radius 2 is 1.67 bits per heavy atom. The maximum absolute atomic E-state index is 11.9. The van der Waals surface area contributed by atoms with Crippen LogP contribution in [-0.2, 0) is 28.6 Å². The average Bonchev–Trinajstić information content (AvgIpc) is 3.17. The Labute approximate surface area is 236 Å². The SMILES string of the molecule is CC(=O)O[C@H]1CC[C@@]2(C)C(=CC[C@H]3[C@@H]4CC[C@H]([C@H](C)CC[C@H](OC(C)=O)C(C)(C)OC(C)=O)[C@@]4(C)CC[C@@H]32)C1. The second kappa shape index (κ2) is 11.2. The number of allylic oxidation sites excluding steroid dienone is 1. The van der Waals surface area contributed by atoms with Crippen LogP contribution in [0, 0.1) is 40.4 Å². The van der Waals surface area contributed by atoms with Crippen LogP contribution >= 0.6 is 0 Å². The summed E-state index contributed by atoms with van der Waals surface area (Å²) in [5.74, 6) is 2.50. The molecule has 0 aromatic heterocycles. The molecule has 0 saturated heterocycles. The van der Waals surface area contributed by atoms with Crippen LogP contribution in [0.4, 0.5) is 0 Å². The zero-order chi connectivity index (χ0) is 28.8. The van der Waals surface area contributed by atoms with E-state index in [9.17, 15) is 14.4 Å². The lowest BCUT2D eigenvalue weighted by Gasteiger charge is -2.58. The fourth-order valence-electron chi connectivity index (χ4n) is 9.74. The van der Waals surface area contributed by atoms with Crippen molar-refractivity contribution in [3.63, 3.8) is 0 Å². The highest BCUT2D eigenvalue weighted by atomic mass is 16.6. The molecule has 4 rings (SSSR count). The first kappa shape index (κ1) is 30.1. The fourth-order valence-corrected chi connectivity index (χ4v) is 9.74. The largest absolute Gasteiger partial charge is 0.462 e. The van der Waals surface area contributed by atoms with E-state index >= 15 is 0 Å². The molecule has 4 aliphatic carbocycles. The van der Waals surface area contributed by atoms with Crippen molar-refractivity contribution in [3.05, 3.63) is 11.6 Å². The molecule has 4 aliphatic rings. The highest BCUT2D eigenvalue weighted by Crippen LogP contribution is 2.67. The van der Waals surface area contributed by atoms with Gasteiger partial charge in [0, 0.05) is 27.2 Å². The van der Waals surface area contributed by atoms with Crippen LogP contribution in [0.1, 0.15) is 120 Å². The zero-order valence-electron chi connectivity index (χ0n) is 25.6. The topological polar surface area (TPSA) is 78.9 Å². The third-order valence-corrected chi connectivity index (χ3v) is 11.5. The number of hydrogen-bond donors (Lipinski definition) is 0. The molecule has 0 amide bonds. The van der Waals surface area contributed by atoms with Crippen LogP contribution in [0.15, 0.2) is 11.6 Å². The Bertz CT molecular complexity index is 983. The summed E-state index contributed by atoms with van der Waals surface area (Å²) in [4.78, 5) is 35.1. The third-order valence-electron chi connectivity index (χ3n) is 11.5. The van der Waals surface area contributed by atoms with Crippen molar-refractivity contribution in [2.24, 2.45) is 40.4 Å². The molecule has 9 atom stereocenters. The van der Waals surface area contributed by atoms with Crippen molar-refractivity contribution in [2.75, 3.05) is 0 Å². The molecule has 39 heavy (non-hydrogen) atoms. The lowest BCUT2D eigenvalue weighted by Crippen LogP contribution is -2.51. The number of carbonyl (C=O) groups excluding carboxylic acids is 3. The molecule has 0 heterocycles. The van der Waals surface area contributed by atoms with Crippen molar-refractivity contribution in [1.82, 2.24) is 0 Å². The Morgan fingerprint density at radius 1 is 0.949 bits per heavy atom. The van der Waals surface area contributed by atoms with Gasteiger partial charge in [-0.1, -0.05) is 32.4 Å². The molecule has 3 saturated carbocycles. The maximum atomic E-state index is 11.9. The van der Waals surface area contributed by atoms with Gasteiger partial charge in [0.05, 0.1) is 0 Å². The minimum absolute atomic E-state index is 0.0468. The second-order valence-electron chi connectivity index (χ2n) is 14.3. The van der Waals surface area contributed by atoms with E-state index in [1.54, 1.807) is 5.57 Å². The van der Waals surface area contributed by atoms with Crippen molar-refractivity contribution in [2.45, 2.75) is 137 Å². The molecule has 0 N–H and O–H groups in total. The Kier molecular flexibility index (Phi) is 8.65. The van der Waals surface area contributed by atoms with Gasteiger partial charge in [-0.3, -0.25) is 14.4 Å². The number of fused-ring (bicyclic) bond motifs is 5. The molecule has 0 radical (unpaired) electrons. The third kappa shape index (κ3) is 5.95. The van der Waals surface area contributed by atoms with Gasteiger partial charge in [-0.15, -0.1) is 0 Å². The first-order valence-electron chi connectivity index (χ1n) is 15.4. The average molecular weight is 545 g/mol. The minimum Gasteiger partial charge on any atom is -0.462 e. The van der Waals surface area contributed by atoms with Crippen LogP contribution in [0.25, 0.3) is 0 Å². The summed E-state index contributed by atoms with van der Waals surface area (Å²) in [5, 5.41) is 0. The number of hydrogen-bond acceptors (Lipinski definition) is 6. The van der Waals surface area contributed by atoms with Gasteiger partial charge in [0.2, 0.25) is 0 Å². The summed E-state index contributed by atoms with van der Waals surface area (Å²) in [6.07, 6.45) is 13.1. The van der Waals surface area contributed by atoms with E-state index in [0.29, 0.717) is 23.7 Å². The molecule has 3 fully saturated rings. The summed E-state index contributed by atoms with van der Waals surface area (Å²) in [5.41, 5.74) is 1.26. The molecule has 0 bridgehead atoms. The first-order chi connectivity index (χ1) is 18.2. The van der Waals surface area contributed by atoms with Crippen LogP contribution in [0.5, 0.6) is 0 Å². The van der Waals surface area contributed by atoms with E-state index in [1.165, 1.54) is 46.5 Å². The monoisotopic (exact) mass is 544 g/mol. The van der Waals surface area contributed by atoms with Gasteiger partial charge in [-0.2, -0.15) is 0 Å². The quantitative estimate of drug-likeness (QED) is 0.183. The molecular weight excluding hydrogens is 492 g/mol. The fraction of sp³-hybridized carbons (Fsp3) is 0.848. The van der Waals surface area contributed by atoms with Gasteiger partial charge in [0.1, 0.15) is 17.8 Å². The van der Waals surface area contributed by atoms with Gasteiger partial charge in [-0.05, 0) is 112 Å². The molecule has 0 aromatic carbocycles. The summed E-state index contributed by atoms with van der Waals surface area (Å²) in [6.45, 7) is 15.5. The summed E-state index contributed by atoms with van der Waals surface area (Å²) in [7, 11) is 0. The lowest BCUT2D eigenvalue weighted by atomic mass is 9.47. The number of ether oxygens (including phenoxy) is 3. The smallest absolute Gasteiger partial charge is 0.303 e. The lowest BCUT2D eigenvalue weighted by molar-refractivity contribution is -0.179. The van der Waals surface area contributed by atoms with Crippen molar-refractivity contribution in [1.29, 1.82) is 0 Å². The number of rotatable bonds is 8. The van der Waals surface area contributed by atoms with Gasteiger partial charge >= 0.3 is 17.9 Å². The van der Waals surface area contributed by atoms with Crippen LogP contribution in [-0.4, -0.2) is 35.7 Å². The summed E-state index contributed by atoms with van der Waals surface area (Å²) in [6, 6.07) is 0. The minimum atomic E-state index is -0.854. The summed E-state index contributed by atoms with van der Waals surface area (Å²) >= 11 is 0. The van der Waals surface area contributed by atoms with E-state index in [2.05, 4.69) is 26.8 Å². The maximum Gasteiger partial charge on any atom is 0.303 e. The van der Waals surface area contributed by atoms with Gasteiger partial charge in [0.25, 0.3) is 0 Å². The molecule has 0 spiro atoms. The van der Waals surface area contributed by atoms with Crippen molar-refractivity contribution < 1.29 is 28.6 Å². The normalized spacial score (nSPS) is 37.3. The number of esters is 3. The van der Waals surface area contributed by atoms with Crippen LogP contribution in [0.2, 0.25) is 0 Å². The molecule has 0 aromatic rings. The van der Waals surface area contributed by atoms with E-state index in [0.717, 1.165) is 49.9 Å². The van der Waals surface area contributed by atoms with Gasteiger partial charge < -0.3 is 14.2 Å². The Hall–Kier alpha value is -1.85. The predicted molar refractivity (Wildman–Crippen MR) is 151 cm³/mol. The summed E-state index contributed by atoms with van der Waals surface area (Å²) < 4.78 is 16.8.